The second kappa shape index (κ2) is 7.99. The Morgan fingerprint density at radius 3 is 2.67 bits per heavy atom. The lowest BCUT2D eigenvalue weighted by Gasteiger charge is -2.24. The van der Waals surface area contributed by atoms with Gasteiger partial charge in [-0.25, -0.2) is 0 Å². The van der Waals surface area contributed by atoms with Crippen LogP contribution >= 0.6 is 23.8 Å². The molecule has 0 aromatic carbocycles. The van der Waals surface area contributed by atoms with E-state index in [0.29, 0.717) is 6.04 Å². The summed E-state index contributed by atoms with van der Waals surface area (Å²) in [6.45, 7) is 5.66. The van der Waals surface area contributed by atoms with E-state index in [1.54, 1.807) is 0 Å². The van der Waals surface area contributed by atoms with Gasteiger partial charge >= 0.3 is 0 Å². The molecule has 0 atom stereocenters. The molecule has 0 bridgehead atoms. The van der Waals surface area contributed by atoms with Crippen molar-refractivity contribution in [2.45, 2.75) is 65.0 Å². The molecule has 1 aliphatic rings. The largest absolute Gasteiger partial charge is 0.363 e. The van der Waals surface area contributed by atoms with Crippen molar-refractivity contribution in [2.24, 2.45) is 0 Å². The Kier molecular flexibility index (Phi) is 6.30. The quantitative estimate of drug-likeness (QED) is 0.642. The van der Waals surface area contributed by atoms with E-state index in [4.69, 9.17) is 23.8 Å². The number of thiocarbonyl (C=S) groups is 1. The summed E-state index contributed by atoms with van der Waals surface area (Å²) < 4.78 is 1.97. The number of halogens is 1. The molecule has 0 unspecified atom stereocenters. The number of aryl methyl sites for hydroxylation is 2. The van der Waals surface area contributed by atoms with Gasteiger partial charge in [0.15, 0.2) is 5.11 Å². The first-order valence-electron chi connectivity index (χ1n) is 7.82. The molecule has 1 aliphatic carbocycles. The van der Waals surface area contributed by atoms with E-state index in [-0.39, 0.29) is 0 Å². The van der Waals surface area contributed by atoms with Gasteiger partial charge in [-0.15, -0.1) is 0 Å². The van der Waals surface area contributed by atoms with E-state index >= 15 is 0 Å². The van der Waals surface area contributed by atoms with Gasteiger partial charge < -0.3 is 10.6 Å². The summed E-state index contributed by atoms with van der Waals surface area (Å²) in [6.07, 6.45) is 7.46. The van der Waals surface area contributed by atoms with E-state index in [2.05, 4.69) is 15.7 Å². The van der Waals surface area contributed by atoms with Gasteiger partial charge in [0.05, 0.1) is 16.4 Å². The maximum Gasteiger partial charge on any atom is 0.166 e. The van der Waals surface area contributed by atoms with E-state index < -0.39 is 0 Å². The molecule has 0 aliphatic heterocycles. The zero-order valence-corrected chi connectivity index (χ0v) is 14.5. The zero-order valence-electron chi connectivity index (χ0n) is 12.9. The van der Waals surface area contributed by atoms with Crippen LogP contribution in [0.25, 0.3) is 0 Å². The van der Waals surface area contributed by atoms with E-state index in [1.807, 2.05) is 18.5 Å². The van der Waals surface area contributed by atoms with Gasteiger partial charge in [-0.2, -0.15) is 5.10 Å². The van der Waals surface area contributed by atoms with Crippen molar-refractivity contribution in [1.29, 1.82) is 0 Å². The first-order chi connectivity index (χ1) is 10.1. The van der Waals surface area contributed by atoms with Crippen LogP contribution in [0.3, 0.4) is 0 Å². The summed E-state index contributed by atoms with van der Waals surface area (Å²) in [5, 5.41) is 12.7. The van der Waals surface area contributed by atoms with Crippen LogP contribution in [0.5, 0.6) is 0 Å². The Bertz CT molecular complexity index is 480. The second-order valence-electron chi connectivity index (χ2n) is 5.80. The lowest BCUT2D eigenvalue weighted by atomic mass is 9.96. The van der Waals surface area contributed by atoms with E-state index in [0.717, 1.165) is 41.0 Å². The summed E-state index contributed by atoms with van der Waals surface area (Å²) in [6, 6.07) is 0.563. The van der Waals surface area contributed by atoms with Crippen molar-refractivity contribution >= 4 is 28.9 Å². The van der Waals surface area contributed by atoms with Gasteiger partial charge in [-0.05, 0) is 45.3 Å². The second-order valence-corrected chi connectivity index (χ2v) is 6.58. The number of rotatable bonds is 5. The molecule has 0 amide bonds. The molecule has 1 saturated carbocycles. The van der Waals surface area contributed by atoms with Gasteiger partial charge in [0, 0.05) is 19.1 Å². The molecule has 1 fully saturated rings. The molecule has 21 heavy (non-hydrogen) atoms. The molecule has 2 rings (SSSR count). The predicted molar refractivity (Wildman–Crippen MR) is 91.9 cm³/mol. The van der Waals surface area contributed by atoms with Crippen molar-refractivity contribution in [1.82, 2.24) is 20.4 Å². The summed E-state index contributed by atoms with van der Waals surface area (Å²) in [7, 11) is 0. The van der Waals surface area contributed by atoms with Gasteiger partial charge in [-0.3, -0.25) is 4.68 Å². The van der Waals surface area contributed by atoms with E-state index in [9.17, 15) is 0 Å². The molecule has 1 aromatic rings. The number of hydrogen-bond donors (Lipinski definition) is 2. The fourth-order valence-corrected chi connectivity index (χ4v) is 3.21. The van der Waals surface area contributed by atoms with Crippen LogP contribution in [0.1, 0.15) is 49.9 Å². The predicted octanol–water partition coefficient (Wildman–Crippen LogP) is 3.34. The number of aromatic nitrogens is 2. The Balaban J connectivity index is 1.64. The monoisotopic (exact) mass is 328 g/mol. The third kappa shape index (κ3) is 4.85. The van der Waals surface area contributed by atoms with Crippen LogP contribution < -0.4 is 10.6 Å². The van der Waals surface area contributed by atoms with Crippen LogP contribution in [0.15, 0.2) is 0 Å². The normalized spacial score (nSPS) is 16.0. The minimum atomic E-state index is 0.563. The number of nitrogens with zero attached hydrogens (tertiary/aromatic N) is 2. The highest BCUT2D eigenvalue weighted by atomic mass is 35.5. The first kappa shape index (κ1) is 16.6. The lowest BCUT2D eigenvalue weighted by molar-refractivity contribution is 0.411. The highest BCUT2D eigenvalue weighted by Gasteiger charge is 2.13. The average molecular weight is 329 g/mol. The van der Waals surface area contributed by atoms with Gasteiger partial charge in [0.25, 0.3) is 0 Å². The Hall–Kier alpha value is -0.810. The molecular formula is C15H25ClN4S. The summed E-state index contributed by atoms with van der Waals surface area (Å²) >= 11 is 11.5. The molecule has 0 saturated heterocycles. The molecule has 1 heterocycles. The molecule has 2 N–H and O–H groups in total. The number of nitrogens with one attached hydrogen (secondary N) is 2. The maximum atomic E-state index is 6.14. The Labute approximate surface area is 137 Å². The van der Waals surface area contributed by atoms with E-state index in [1.165, 1.54) is 32.1 Å². The van der Waals surface area contributed by atoms with Crippen LogP contribution in [-0.4, -0.2) is 27.5 Å². The zero-order chi connectivity index (χ0) is 15.2. The fraction of sp³-hybridized carbons (Fsp3) is 0.733. The van der Waals surface area contributed by atoms with Crippen molar-refractivity contribution in [3.8, 4) is 0 Å². The molecule has 1 aromatic heterocycles. The average Bonchev–Trinajstić information content (AvgIpc) is 2.72. The Morgan fingerprint density at radius 2 is 2.05 bits per heavy atom. The first-order valence-corrected chi connectivity index (χ1v) is 8.60. The van der Waals surface area contributed by atoms with Crippen LogP contribution in [0.2, 0.25) is 5.02 Å². The smallest absolute Gasteiger partial charge is 0.166 e. The van der Waals surface area contributed by atoms with Crippen LogP contribution in [0.4, 0.5) is 0 Å². The lowest BCUT2D eigenvalue weighted by Crippen LogP contribution is -2.43. The molecule has 0 spiro atoms. The standard InChI is InChI=1S/C15H25ClN4S/c1-11-14(16)12(2)20(19-11)10-6-9-17-15(21)18-13-7-4-3-5-8-13/h13H,3-10H2,1-2H3,(H2,17,18,21). The molecule has 6 heteroatoms. The Morgan fingerprint density at radius 1 is 1.33 bits per heavy atom. The van der Waals surface area contributed by atoms with Crippen LogP contribution in [-0.2, 0) is 6.54 Å². The van der Waals surface area contributed by atoms with Crippen molar-refractivity contribution in [3.63, 3.8) is 0 Å². The summed E-state index contributed by atoms with van der Waals surface area (Å²) in [5.41, 5.74) is 1.94. The van der Waals surface area contributed by atoms with Crippen molar-refractivity contribution < 1.29 is 0 Å². The summed E-state index contributed by atoms with van der Waals surface area (Å²) in [4.78, 5) is 0. The van der Waals surface area contributed by atoms with Gasteiger partial charge in [0.2, 0.25) is 0 Å². The maximum absolute atomic E-state index is 6.14. The minimum absolute atomic E-state index is 0.563. The van der Waals surface area contributed by atoms with Crippen molar-refractivity contribution in [3.05, 3.63) is 16.4 Å². The van der Waals surface area contributed by atoms with Crippen LogP contribution in [0, 0.1) is 13.8 Å². The molecular weight excluding hydrogens is 304 g/mol. The van der Waals surface area contributed by atoms with Gasteiger partial charge in [0.1, 0.15) is 0 Å². The van der Waals surface area contributed by atoms with Gasteiger partial charge in [-0.1, -0.05) is 30.9 Å². The molecule has 118 valence electrons. The SMILES string of the molecule is Cc1nn(CCCNC(=S)NC2CCCCC2)c(C)c1Cl. The topological polar surface area (TPSA) is 41.9 Å². The number of hydrogen-bond acceptors (Lipinski definition) is 2. The third-order valence-corrected chi connectivity index (χ3v) is 4.88. The molecule has 4 nitrogen and oxygen atoms in total. The highest BCUT2D eigenvalue weighted by Crippen LogP contribution is 2.19. The summed E-state index contributed by atoms with van der Waals surface area (Å²) in [5.74, 6) is 0. The minimum Gasteiger partial charge on any atom is -0.363 e. The van der Waals surface area contributed by atoms with Crippen molar-refractivity contribution in [2.75, 3.05) is 6.54 Å². The molecule has 0 radical (unpaired) electrons. The highest BCUT2D eigenvalue weighted by molar-refractivity contribution is 7.80. The third-order valence-electron chi connectivity index (χ3n) is 4.07. The fourth-order valence-electron chi connectivity index (χ4n) is 2.81.